The maximum atomic E-state index is 13.0. The van der Waals surface area contributed by atoms with Gasteiger partial charge in [-0.15, -0.1) is 0 Å². The van der Waals surface area contributed by atoms with Crippen LogP contribution in [0.3, 0.4) is 0 Å². The highest BCUT2D eigenvalue weighted by Crippen LogP contribution is 2.22. The lowest BCUT2D eigenvalue weighted by Crippen LogP contribution is -2.32. The maximum Gasteiger partial charge on any atom is 0.241 e. The molecule has 4 aromatic rings. The Hall–Kier alpha value is -3.03. The predicted molar refractivity (Wildman–Crippen MR) is 103 cm³/mol. The monoisotopic (exact) mass is 378 g/mol. The molecule has 27 heavy (non-hydrogen) atoms. The molecule has 0 fully saturated rings. The van der Waals surface area contributed by atoms with E-state index in [2.05, 4.69) is 14.9 Å². The minimum absolute atomic E-state index is 0.232. The molecule has 0 spiro atoms. The lowest BCUT2D eigenvalue weighted by molar-refractivity contribution is 0.444. The second-order valence-corrected chi connectivity index (χ2v) is 7.89. The fourth-order valence-corrected chi connectivity index (χ4v) is 4.24. The second kappa shape index (κ2) is 7.30. The predicted octanol–water partition coefficient (Wildman–Crippen LogP) is 3.15. The molecule has 1 unspecified atom stereocenters. The molecule has 3 aromatic carbocycles. The third-order valence-electron chi connectivity index (χ3n) is 4.34. The molecule has 136 valence electrons. The molecule has 4 rings (SSSR count). The molecule has 0 saturated carbocycles. The van der Waals surface area contributed by atoms with Crippen LogP contribution in [-0.4, -0.2) is 23.4 Å². The fourth-order valence-electron chi connectivity index (χ4n) is 2.99. The largest absolute Gasteiger partial charge is 0.241 e. The zero-order valence-corrected chi connectivity index (χ0v) is 15.3. The van der Waals surface area contributed by atoms with Crippen molar-refractivity contribution in [3.63, 3.8) is 0 Å². The maximum absolute atomic E-state index is 13.0. The van der Waals surface area contributed by atoms with E-state index in [1.807, 2.05) is 60.7 Å². The van der Waals surface area contributed by atoms with Crippen LogP contribution in [0, 0.1) is 0 Å². The first-order valence-corrected chi connectivity index (χ1v) is 10.0. The molecule has 0 saturated heterocycles. The van der Waals surface area contributed by atoms with Gasteiger partial charge in [-0.1, -0.05) is 60.7 Å². The van der Waals surface area contributed by atoms with Gasteiger partial charge in [0, 0.05) is 0 Å². The molecule has 7 heteroatoms. The molecule has 0 aliphatic heterocycles. The van der Waals surface area contributed by atoms with Gasteiger partial charge in [-0.05, 0) is 28.5 Å². The first-order chi connectivity index (χ1) is 13.1. The van der Waals surface area contributed by atoms with Gasteiger partial charge < -0.3 is 0 Å². The van der Waals surface area contributed by atoms with E-state index < -0.39 is 16.1 Å². The SMILES string of the molecule is O=S(=O)(NC(Cn1nccn1)c1ccccc1)c1ccc2ccccc2c1. The van der Waals surface area contributed by atoms with Crippen molar-refractivity contribution in [1.29, 1.82) is 0 Å². The van der Waals surface area contributed by atoms with Gasteiger partial charge in [0.25, 0.3) is 0 Å². The van der Waals surface area contributed by atoms with Crippen molar-refractivity contribution in [2.24, 2.45) is 0 Å². The molecular formula is C20H18N4O2S. The number of hydrogen-bond donors (Lipinski definition) is 1. The Labute approximate surface area is 157 Å². The summed E-state index contributed by atoms with van der Waals surface area (Å²) in [5.41, 5.74) is 0.846. The summed E-state index contributed by atoms with van der Waals surface area (Å²) in [6.07, 6.45) is 3.14. The molecule has 1 aromatic heterocycles. The molecule has 1 atom stereocenters. The Bertz CT molecular complexity index is 1140. The Morgan fingerprint density at radius 1 is 0.852 bits per heavy atom. The van der Waals surface area contributed by atoms with Crippen molar-refractivity contribution in [1.82, 2.24) is 19.7 Å². The lowest BCUT2D eigenvalue weighted by atomic mass is 10.1. The molecule has 0 aliphatic rings. The summed E-state index contributed by atoms with van der Waals surface area (Å²) >= 11 is 0. The van der Waals surface area contributed by atoms with Crippen LogP contribution >= 0.6 is 0 Å². The smallest absolute Gasteiger partial charge is 0.207 e. The van der Waals surface area contributed by atoms with Crippen LogP contribution in [0.15, 0.2) is 90.1 Å². The van der Waals surface area contributed by atoms with Crippen LogP contribution in [-0.2, 0) is 16.6 Å². The topological polar surface area (TPSA) is 76.9 Å². The highest BCUT2D eigenvalue weighted by molar-refractivity contribution is 7.89. The molecule has 0 radical (unpaired) electrons. The summed E-state index contributed by atoms with van der Waals surface area (Å²) in [4.78, 5) is 1.70. The molecular weight excluding hydrogens is 360 g/mol. The molecule has 1 N–H and O–H groups in total. The Kier molecular flexibility index (Phi) is 4.70. The summed E-state index contributed by atoms with van der Waals surface area (Å²) in [6.45, 7) is 0.295. The van der Waals surface area contributed by atoms with Gasteiger partial charge in [-0.25, -0.2) is 13.1 Å². The van der Waals surface area contributed by atoms with Gasteiger partial charge in [0.15, 0.2) is 0 Å². The van der Waals surface area contributed by atoms with Gasteiger partial charge >= 0.3 is 0 Å². The highest BCUT2D eigenvalue weighted by atomic mass is 32.2. The summed E-state index contributed by atoms with van der Waals surface area (Å²) in [7, 11) is -3.72. The Balaban J connectivity index is 1.67. The summed E-state index contributed by atoms with van der Waals surface area (Å²) < 4.78 is 28.9. The van der Waals surface area contributed by atoms with Gasteiger partial charge in [0.1, 0.15) is 0 Å². The third-order valence-corrected chi connectivity index (χ3v) is 5.81. The summed E-state index contributed by atoms with van der Waals surface area (Å²) in [5, 5.41) is 10.1. The van der Waals surface area contributed by atoms with Crippen molar-refractivity contribution < 1.29 is 8.42 Å². The first-order valence-electron chi connectivity index (χ1n) is 8.52. The van der Waals surface area contributed by atoms with E-state index in [1.165, 1.54) is 4.80 Å². The number of nitrogens with zero attached hydrogens (tertiary/aromatic N) is 3. The number of aromatic nitrogens is 3. The standard InChI is InChI=1S/C20H18N4O2S/c25-27(26,19-11-10-16-6-4-5-9-18(16)14-19)23-20(15-24-21-12-13-22-24)17-7-2-1-3-8-17/h1-14,20,23H,15H2. The first kappa shape index (κ1) is 17.4. The fraction of sp³-hybridized carbons (Fsp3) is 0.100. The van der Waals surface area contributed by atoms with E-state index in [4.69, 9.17) is 0 Å². The molecule has 0 aliphatic carbocycles. The van der Waals surface area contributed by atoms with Crippen LogP contribution < -0.4 is 4.72 Å². The van der Waals surface area contributed by atoms with Gasteiger partial charge in [-0.2, -0.15) is 15.0 Å². The molecule has 6 nitrogen and oxygen atoms in total. The van der Waals surface area contributed by atoms with E-state index in [9.17, 15) is 8.42 Å². The summed E-state index contributed by atoms with van der Waals surface area (Å²) in [6, 6.07) is 21.7. The van der Waals surface area contributed by atoms with E-state index in [-0.39, 0.29) is 4.90 Å². The molecule has 0 amide bonds. The minimum Gasteiger partial charge on any atom is -0.207 e. The third kappa shape index (κ3) is 3.89. The summed E-state index contributed by atoms with van der Waals surface area (Å²) in [5.74, 6) is 0. The number of benzene rings is 3. The number of fused-ring (bicyclic) bond motifs is 1. The van der Waals surface area contributed by atoms with E-state index >= 15 is 0 Å². The second-order valence-electron chi connectivity index (χ2n) is 6.18. The highest BCUT2D eigenvalue weighted by Gasteiger charge is 2.22. The van der Waals surface area contributed by atoms with E-state index in [0.717, 1.165) is 16.3 Å². The van der Waals surface area contributed by atoms with Gasteiger partial charge in [0.05, 0.1) is 29.9 Å². The lowest BCUT2D eigenvalue weighted by Gasteiger charge is -2.19. The Morgan fingerprint density at radius 2 is 1.52 bits per heavy atom. The zero-order chi connectivity index (χ0) is 18.7. The van der Waals surface area contributed by atoms with Crippen LogP contribution in [0.2, 0.25) is 0 Å². The molecule has 0 bridgehead atoms. The number of hydrogen-bond acceptors (Lipinski definition) is 4. The van der Waals surface area contributed by atoms with E-state index in [1.54, 1.807) is 24.5 Å². The normalized spacial score (nSPS) is 12.9. The van der Waals surface area contributed by atoms with Crippen molar-refractivity contribution >= 4 is 20.8 Å². The van der Waals surface area contributed by atoms with Crippen LogP contribution in [0.25, 0.3) is 10.8 Å². The molecule has 1 heterocycles. The Morgan fingerprint density at radius 3 is 2.26 bits per heavy atom. The van der Waals surface area contributed by atoms with Crippen LogP contribution in [0.1, 0.15) is 11.6 Å². The van der Waals surface area contributed by atoms with Crippen molar-refractivity contribution in [2.75, 3.05) is 0 Å². The number of rotatable bonds is 6. The van der Waals surface area contributed by atoms with Crippen molar-refractivity contribution in [3.8, 4) is 0 Å². The average Bonchev–Trinajstić information content (AvgIpc) is 3.21. The number of nitrogens with one attached hydrogen (secondary N) is 1. The van der Waals surface area contributed by atoms with Crippen molar-refractivity contribution in [3.05, 3.63) is 90.8 Å². The van der Waals surface area contributed by atoms with Gasteiger partial charge in [-0.3, -0.25) is 0 Å². The van der Waals surface area contributed by atoms with Gasteiger partial charge in [0.2, 0.25) is 10.0 Å². The minimum atomic E-state index is -3.72. The zero-order valence-electron chi connectivity index (χ0n) is 14.4. The quantitative estimate of drug-likeness (QED) is 0.559. The average molecular weight is 378 g/mol. The number of sulfonamides is 1. The van der Waals surface area contributed by atoms with Crippen LogP contribution in [0.4, 0.5) is 0 Å². The van der Waals surface area contributed by atoms with Crippen LogP contribution in [0.5, 0.6) is 0 Å². The van der Waals surface area contributed by atoms with E-state index in [0.29, 0.717) is 6.54 Å². The van der Waals surface area contributed by atoms with Crippen molar-refractivity contribution in [2.45, 2.75) is 17.5 Å².